The fourth-order valence-corrected chi connectivity index (χ4v) is 3.71. The van der Waals surface area contributed by atoms with E-state index in [0.29, 0.717) is 36.0 Å². The normalized spacial score (nSPS) is 15.1. The van der Waals surface area contributed by atoms with E-state index in [9.17, 15) is 14.4 Å². The smallest absolute Gasteiger partial charge is 0.335 e. The number of hydrogen-bond acceptors (Lipinski definition) is 5. The molecule has 0 spiro atoms. The molecule has 0 saturated carbocycles. The van der Waals surface area contributed by atoms with Crippen LogP contribution in [-0.2, 0) is 9.59 Å². The molecule has 1 N–H and O–H groups in total. The number of nitrogens with zero attached hydrogens (tertiary/aromatic N) is 1. The number of barbiturate groups is 1. The molecule has 0 aliphatic carbocycles. The predicted molar refractivity (Wildman–Crippen MR) is 131 cm³/mol. The number of anilines is 1. The summed E-state index contributed by atoms with van der Waals surface area (Å²) < 4.78 is 11.5. The van der Waals surface area contributed by atoms with Gasteiger partial charge in [0.15, 0.2) is 0 Å². The summed E-state index contributed by atoms with van der Waals surface area (Å²) in [6.07, 6.45) is 3.18. The van der Waals surface area contributed by atoms with Crippen molar-refractivity contribution in [3.8, 4) is 11.5 Å². The highest BCUT2D eigenvalue weighted by Crippen LogP contribution is 2.32. The van der Waals surface area contributed by atoms with Gasteiger partial charge in [0, 0.05) is 5.56 Å². The maximum Gasteiger partial charge on any atom is 0.335 e. The van der Waals surface area contributed by atoms with Gasteiger partial charge in [-0.15, -0.1) is 0 Å². The summed E-state index contributed by atoms with van der Waals surface area (Å²) in [7, 11) is 0. The van der Waals surface area contributed by atoms with E-state index in [0.717, 1.165) is 28.5 Å². The highest BCUT2D eigenvalue weighted by Gasteiger charge is 2.37. The van der Waals surface area contributed by atoms with Crippen LogP contribution in [0.2, 0.25) is 0 Å². The van der Waals surface area contributed by atoms with Gasteiger partial charge in [0.1, 0.15) is 17.1 Å². The summed E-state index contributed by atoms with van der Waals surface area (Å²) in [5.74, 6) is -0.251. The first kappa shape index (κ1) is 23.0. The van der Waals surface area contributed by atoms with Crippen LogP contribution >= 0.6 is 0 Å². The van der Waals surface area contributed by atoms with Gasteiger partial charge in [-0.3, -0.25) is 14.9 Å². The van der Waals surface area contributed by atoms with Crippen LogP contribution in [0.1, 0.15) is 32.3 Å². The second-order valence-corrected chi connectivity index (χ2v) is 7.85. The van der Waals surface area contributed by atoms with E-state index in [1.807, 2.05) is 50.2 Å². The third kappa shape index (κ3) is 4.64. The van der Waals surface area contributed by atoms with Crippen LogP contribution in [0.4, 0.5) is 10.5 Å². The molecule has 3 aromatic carbocycles. The summed E-state index contributed by atoms with van der Waals surface area (Å²) in [4.78, 5) is 39.6. The number of fused-ring (bicyclic) bond motifs is 1. The molecule has 7 nitrogen and oxygen atoms in total. The minimum absolute atomic E-state index is 0.149. The topological polar surface area (TPSA) is 84.9 Å². The van der Waals surface area contributed by atoms with Crippen LogP contribution in [0, 0.1) is 0 Å². The van der Waals surface area contributed by atoms with Crippen molar-refractivity contribution in [2.24, 2.45) is 0 Å². The predicted octanol–water partition coefficient (Wildman–Crippen LogP) is 5.08. The van der Waals surface area contributed by atoms with Crippen LogP contribution in [-0.4, -0.2) is 31.1 Å². The zero-order valence-corrected chi connectivity index (χ0v) is 19.2. The summed E-state index contributed by atoms with van der Waals surface area (Å²) in [5.41, 5.74) is 0.802. The molecule has 1 saturated heterocycles. The highest BCUT2D eigenvalue weighted by molar-refractivity contribution is 6.39. The Bertz CT molecular complexity index is 1260. The lowest BCUT2D eigenvalue weighted by Crippen LogP contribution is -2.54. The standard InChI is InChI=1S/C27H26N2O5/c1-3-15-33-20-12-10-19(11-13-20)29-26(31)23(25(30)28-27(29)32)17-22-21-8-6-5-7-18(21)9-14-24(22)34-16-4-2/h5-14,17H,3-4,15-16H2,1-2H3,(H,28,30,32)/b23-17-. The van der Waals surface area contributed by atoms with Gasteiger partial charge < -0.3 is 9.47 Å². The van der Waals surface area contributed by atoms with Crippen molar-refractivity contribution in [1.29, 1.82) is 0 Å². The van der Waals surface area contributed by atoms with Crippen molar-refractivity contribution in [2.75, 3.05) is 18.1 Å². The summed E-state index contributed by atoms with van der Waals surface area (Å²) in [6, 6.07) is 17.2. The molecule has 4 amide bonds. The molecular formula is C27H26N2O5. The number of carbonyl (C=O) groups is 3. The molecular weight excluding hydrogens is 432 g/mol. The minimum Gasteiger partial charge on any atom is -0.494 e. The van der Waals surface area contributed by atoms with Crippen LogP contribution in [0.3, 0.4) is 0 Å². The molecule has 34 heavy (non-hydrogen) atoms. The largest absolute Gasteiger partial charge is 0.494 e. The van der Waals surface area contributed by atoms with Gasteiger partial charge in [-0.05, 0) is 60.0 Å². The zero-order chi connectivity index (χ0) is 24.1. The Morgan fingerprint density at radius 3 is 2.29 bits per heavy atom. The molecule has 3 aromatic rings. The maximum atomic E-state index is 13.4. The van der Waals surface area contributed by atoms with Gasteiger partial charge in [0.05, 0.1) is 18.9 Å². The van der Waals surface area contributed by atoms with E-state index < -0.39 is 17.8 Å². The average molecular weight is 459 g/mol. The van der Waals surface area contributed by atoms with Gasteiger partial charge in [-0.25, -0.2) is 9.69 Å². The lowest BCUT2D eigenvalue weighted by Gasteiger charge is -2.26. The molecule has 0 aromatic heterocycles. The van der Waals surface area contributed by atoms with E-state index in [2.05, 4.69) is 5.32 Å². The Morgan fingerprint density at radius 2 is 1.56 bits per heavy atom. The molecule has 1 aliphatic rings. The maximum absolute atomic E-state index is 13.4. The molecule has 174 valence electrons. The number of ether oxygens (including phenoxy) is 2. The van der Waals surface area contributed by atoms with Crippen LogP contribution < -0.4 is 19.7 Å². The Labute approximate surface area is 198 Å². The van der Waals surface area contributed by atoms with Gasteiger partial charge >= 0.3 is 6.03 Å². The number of rotatable bonds is 8. The average Bonchev–Trinajstić information content (AvgIpc) is 2.85. The van der Waals surface area contributed by atoms with E-state index in [1.165, 1.54) is 6.08 Å². The fourth-order valence-electron chi connectivity index (χ4n) is 3.71. The van der Waals surface area contributed by atoms with Gasteiger partial charge in [0.25, 0.3) is 11.8 Å². The number of benzene rings is 3. The molecule has 0 radical (unpaired) electrons. The minimum atomic E-state index is -0.797. The number of carbonyl (C=O) groups excluding carboxylic acids is 3. The van der Waals surface area contributed by atoms with Crippen molar-refractivity contribution in [3.05, 3.63) is 71.8 Å². The number of amides is 4. The molecule has 1 fully saturated rings. The third-order valence-corrected chi connectivity index (χ3v) is 5.35. The summed E-state index contributed by atoms with van der Waals surface area (Å²) >= 11 is 0. The monoisotopic (exact) mass is 458 g/mol. The summed E-state index contributed by atoms with van der Waals surface area (Å²) in [5, 5.41) is 4.06. The van der Waals surface area contributed by atoms with Crippen LogP contribution in [0.15, 0.2) is 66.2 Å². The lowest BCUT2D eigenvalue weighted by atomic mass is 9.99. The van der Waals surface area contributed by atoms with E-state index in [4.69, 9.17) is 9.47 Å². The Hall–Kier alpha value is -4.13. The number of nitrogens with one attached hydrogen (secondary N) is 1. The van der Waals surface area contributed by atoms with Gasteiger partial charge in [-0.1, -0.05) is 44.2 Å². The first-order valence-corrected chi connectivity index (χ1v) is 11.3. The Balaban J connectivity index is 1.75. The first-order valence-electron chi connectivity index (χ1n) is 11.3. The highest BCUT2D eigenvalue weighted by atomic mass is 16.5. The first-order chi connectivity index (χ1) is 16.5. The van der Waals surface area contributed by atoms with E-state index in [1.54, 1.807) is 24.3 Å². The Morgan fingerprint density at radius 1 is 0.853 bits per heavy atom. The quantitative estimate of drug-likeness (QED) is 0.376. The van der Waals surface area contributed by atoms with Crippen molar-refractivity contribution >= 4 is 40.4 Å². The van der Waals surface area contributed by atoms with Gasteiger partial charge in [-0.2, -0.15) is 0 Å². The molecule has 0 unspecified atom stereocenters. The second-order valence-electron chi connectivity index (χ2n) is 7.85. The molecule has 7 heteroatoms. The fraction of sp³-hybridized carbons (Fsp3) is 0.222. The van der Waals surface area contributed by atoms with Gasteiger partial charge in [0.2, 0.25) is 0 Å². The SMILES string of the molecule is CCCOc1ccc(N2C(=O)NC(=O)/C(=C/c3c(OCCC)ccc4ccccc34)C2=O)cc1. The Kier molecular flexibility index (Phi) is 6.92. The second kappa shape index (κ2) is 10.2. The number of imide groups is 2. The number of hydrogen-bond donors (Lipinski definition) is 1. The van der Waals surface area contributed by atoms with Crippen molar-refractivity contribution in [2.45, 2.75) is 26.7 Å². The van der Waals surface area contributed by atoms with Crippen LogP contribution in [0.5, 0.6) is 11.5 Å². The molecule has 0 bridgehead atoms. The molecule has 1 heterocycles. The van der Waals surface area contributed by atoms with E-state index in [-0.39, 0.29) is 5.57 Å². The van der Waals surface area contributed by atoms with Crippen molar-refractivity contribution in [3.63, 3.8) is 0 Å². The van der Waals surface area contributed by atoms with Crippen molar-refractivity contribution in [1.82, 2.24) is 5.32 Å². The molecule has 4 rings (SSSR count). The molecule has 1 aliphatic heterocycles. The lowest BCUT2D eigenvalue weighted by molar-refractivity contribution is -0.122. The van der Waals surface area contributed by atoms with Crippen LogP contribution in [0.25, 0.3) is 16.8 Å². The molecule has 0 atom stereocenters. The number of urea groups is 1. The van der Waals surface area contributed by atoms with E-state index >= 15 is 0 Å². The van der Waals surface area contributed by atoms with Crippen molar-refractivity contribution < 1.29 is 23.9 Å². The zero-order valence-electron chi connectivity index (χ0n) is 19.2. The third-order valence-electron chi connectivity index (χ3n) is 5.35. The summed E-state index contributed by atoms with van der Waals surface area (Å²) in [6.45, 7) is 5.06.